The molecule has 2 aromatic rings. The molecule has 2 unspecified atom stereocenters. The van der Waals surface area contributed by atoms with Crippen molar-refractivity contribution in [2.24, 2.45) is 0 Å². The number of ether oxygens (including phenoxy) is 3. The van der Waals surface area contributed by atoms with Crippen molar-refractivity contribution in [3.63, 3.8) is 0 Å². The van der Waals surface area contributed by atoms with E-state index in [1.807, 2.05) is 20.9 Å². The molecule has 2 atom stereocenters. The first-order chi connectivity index (χ1) is 22.3. The highest BCUT2D eigenvalue weighted by atomic mass is 35.5. The van der Waals surface area contributed by atoms with Gasteiger partial charge >= 0.3 is 8.69 Å². The van der Waals surface area contributed by atoms with Crippen molar-refractivity contribution in [1.82, 2.24) is 10.6 Å². The Morgan fingerprint density at radius 1 is 1.11 bits per heavy atom. The minimum absolute atomic E-state index is 0.00667. The molecule has 3 aliphatic rings. The smallest absolute Gasteiger partial charge is 0.329 e. The SMILES string of the molecule is CCC(C)([NH3+])CO.CNC12CCC(NC(=O)COc3ccc(Cl)c(F)c3)(CC1)C(OCOP=O)C2.O=CCOc1ccc(Cl)c(F)c1. The van der Waals surface area contributed by atoms with Gasteiger partial charge in [0.25, 0.3) is 5.91 Å². The number of hydrogen-bond acceptors (Lipinski definition) is 9. The second kappa shape index (κ2) is 19.5. The number of quaternary nitrogens is 1. The van der Waals surface area contributed by atoms with Crippen molar-refractivity contribution in [2.45, 2.75) is 75.1 Å². The van der Waals surface area contributed by atoms with E-state index >= 15 is 0 Å². The van der Waals surface area contributed by atoms with Crippen LogP contribution in [-0.2, 0) is 23.4 Å². The van der Waals surface area contributed by atoms with E-state index in [0.717, 1.165) is 44.2 Å². The fourth-order valence-corrected chi connectivity index (χ4v) is 5.34. The van der Waals surface area contributed by atoms with E-state index in [1.54, 1.807) is 0 Å². The summed E-state index contributed by atoms with van der Waals surface area (Å²) in [5.41, 5.74) is 3.09. The Kier molecular flexibility index (Phi) is 16.9. The summed E-state index contributed by atoms with van der Waals surface area (Å²) in [6.07, 6.45) is 5.27. The van der Waals surface area contributed by atoms with Crippen molar-refractivity contribution in [2.75, 3.05) is 33.7 Å². The quantitative estimate of drug-likeness (QED) is 0.0941. The third-order valence-electron chi connectivity index (χ3n) is 8.29. The fourth-order valence-electron chi connectivity index (χ4n) is 5.00. The number of aliphatic hydroxyl groups is 1. The number of nitrogens with one attached hydrogen (secondary N) is 2. The Labute approximate surface area is 285 Å². The Balaban J connectivity index is 0.000000331. The van der Waals surface area contributed by atoms with Crippen LogP contribution in [0, 0.1) is 11.6 Å². The lowest BCUT2D eigenvalue weighted by Crippen LogP contribution is -2.72. The third kappa shape index (κ3) is 12.8. The van der Waals surface area contributed by atoms with Gasteiger partial charge in [0, 0.05) is 24.1 Å². The van der Waals surface area contributed by atoms with Gasteiger partial charge in [0.1, 0.15) is 35.3 Å². The molecule has 5 rings (SSSR count). The first-order valence-electron chi connectivity index (χ1n) is 14.9. The van der Waals surface area contributed by atoms with Crippen LogP contribution in [0.5, 0.6) is 11.5 Å². The second-order valence-corrected chi connectivity index (χ2v) is 12.9. The number of aliphatic hydroxyl groups excluding tert-OH is 1. The topological polar surface area (TPSA) is 160 Å². The van der Waals surface area contributed by atoms with E-state index < -0.39 is 25.9 Å². The zero-order valence-electron chi connectivity index (χ0n) is 26.7. The van der Waals surface area contributed by atoms with Crippen LogP contribution in [0.4, 0.5) is 8.78 Å². The first-order valence-corrected chi connectivity index (χ1v) is 16.4. The highest BCUT2D eigenvalue weighted by Gasteiger charge is 2.55. The van der Waals surface area contributed by atoms with E-state index in [9.17, 15) is 22.9 Å². The van der Waals surface area contributed by atoms with E-state index in [4.69, 9.17) is 47.0 Å². The zero-order valence-corrected chi connectivity index (χ0v) is 29.1. The molecule has 2 bridgehead atoms. The van der Waals surface area contributed by atoms with Gasteiger partial charge in [-0.2, -0.15) is 0 Å². The summed E-state index contributed by atoms with van der Waals surface area (Å²) in [7, 11) is 1.48. The highest BCUT2D eigenvalue weighted by molar-refractivity contribution is 7.17. The van der Waals surface area contributed by atoms with Crippen molar-refractivity contribution >= 4 is 44.1 Å². The number of halogens is 4. The average molecular weight is 726 g/mol. The van der Waals surface area contributed by atoms with Gasteiger partial charge in [-0.3, -0.25) is 14.1 Å². The van der Waals surface area contributed by atoms with Crippen LogP contribution in [0.2, 0.25) is 10.0 Å². The van der Waals surface area contributed by atoms with Gasteiger partial charge in [-0.1, -0.05) is 30.1 Å². The molecule has 16 heteroatoms. The van der Waals surface area contributed by atoms with Gasteiger partial charge in [0.2, 0.25) is 0 Å². The molecule has 47 heavy (non-hydrogen) atoms. The van der Waals surface area contributed by atoms with Crippen LogP contribution in [0.25, 0.3) is 0 Å². The summed E-state index contributed by atoms with van der Waals surface area (Å²) in [6.45, 7) is 3.69. The van der Waals surface area contributed by atoms with Crippen LogP contribution in [0.1, 0.15) is 52.4 Å². The van der Waals surface area contributed by atoms with Gasteiger partial charge in [0.05, 0.1) is 28.3 Å². The molecule has 0 aliphatic heterocycles. The monoisotopic (exact) mass is 724 g/mol. The number of rotatable bonds is 14. The van der Waals surface area contributed by atoms with Crippen molar-refractivity contribution in [3.05, 3.63) is 58.1 Å². The Hall–Kier alpha value is -2.48. The number of fused-ring (bicyclic) bond motifs is 3. The average Bonchev–Trinajstić information content (AvgIpc) is 3.07. The van der Waals surface area contributed by atoms with Gasteiger partial charge in [-0.15, -0.1) is 0 Å². The van der Waals surface area contributed by atoms with Crippen LogP contribution in [0.15, 0.2) is 36.4 Å². The Morgan fingerprint density at radius 3 is 2.13 bits per heavy atom. The van der Waals surface area contributed by atoms with E-state index in [1.165, 1.54) is 24.3 Å². The number of hydrogen-bond donors (Lipinski definition) is 4. The maximum Gasteiger partial charge on any atom is 0.329 e. The van der Waals surface area contributed by atoms with Crippen LogP contribution >= 0.6 is 31.9 Å². The van der Waals surface area contributed by atoms with Crippen LogP contribution < -0.4 is 25.8 Å². The van der Waals surface area contributed by atoms with E-state index in [2.05, 4.69) is 16.4 Å². The summed E-state index contributed by atoms with van der Waals surface area (Å²) < 4.78 is 57.5. The summed E-state index contributed by atoms with van der Waals surface area (Å²) in [4.78, 5) is 22.4. The number of carbonyl (C=O) groups excluding carboxylic acids is 2. The molecule has 0 saturated heterocycles. The van der Waals surface area contributed by atoms with Crippen LogP contribution in [0.3, 0.4) is 0 Å². The van der Waals surface area contributed by atoms with Gasteiger partial charge in [-0.25, -0.2) is 13.3 Å². The maximum atomic E-state index is 13.5. The minimum Gasteiger partial charge on any atom is -0.486 e. The van der Waals surface area contributed by atoms with Crippen LogP contribution in [-0.4, -0.2) is 73.7 Å². The number of aldehydes is 1. The predicted molar refractivity (Wildman–Crippen MR) is 173 cm³/mol. The van der Waals surface area contributed by atoms with Crippen molar-refractivity contribution < 1.29 is 52.5 Å². The molecule has 3 saturated carbocycles. The maximum absolute atomic E-state index is 13.5. The highest BCUT2D eigenvalue weighted by Crippen LogP contribution is 2.48. The molecule has 1 amide bonds. The van der Waals surface area contributed by atoms with Crippen molar-refractivity contribution in [1.29, 1.82) is 0 Å². The molecular formula is C31H43Cl2F2N3O8P+. The molecule has 0 aromatic heterocycles. The molecule has 0 spiro atoms. The molecule has 0 radical (unpaired) electrons. The summed E-state index contributed by atoms with van der Waals surface area (Å²) >= 11 is 11.1. The largest absolute Gasteiger partial charge is 0.486 e. The minimum atomic E-state index is -0.604. The van der Waals surface area contributed by atoms with Crippen molar-refractivity contribution in [3.8, 4) is 11.5 Å². The fraction of sp³-hybridized carbons (Fsp3) is 0.548. The normalized spacial score (nSPS) is 22.5. The van der Waals surface area contributed by atoms with E-state index in [0.29, 0.717) is 18.5 Å². The van der Waals surface area contributed by atoms with Gasteiger partial charge in [0.15, 0.2) is 19.7 Å². The molecule has 0 heterocycles. The lowest BCUT2D eigenvalue weighted by Gasteiger charge is -2.57. The molecule has 262 valence electrons. The molecule has 2 aromatic carbocycles. The van der Waals surface area contributed by atoms with E-state index in [-0.39, 0.29) is 65.5 Å². The summed E-state index contributed by atoms with van der Waals surface area (Å²) in [6, 6.07) is 8.02. The molecule has 6 N–H and O–H groups in total. The first kappa shape index (κ1) is 40.7. The number of carbonyl (C=O) groups is 2. The van der Waals surface area contributed by atoms with Gasteiger partial charge < -0.3 is 35.7 Å². The standard InChI is InChI=1S/C18H23ClFN2O5P.C8H6ClFO2.C5H13NO/c1-21-17-4-6-18(7-5-17,15(9-17)26-11-27-28-24)22-16(23)10-25-12-2-3-13(19)14(20)8-12;9-7-2-1-6(5-8(7)10)12-4-3-11;1-3-5(2,6)4-7/h2-3,8,15,21H,4-7,9-11H2,1H3,(H,22,23);1-3,5H,4H2;7H,3-4,6H2,1-2H3/p+1. The zero-order chi connectivity index (χ0) is 35.1. The number of benzene rings is 2. The Morgan fingerprint density at radius 2 is 1.68 bits per heavy atom. The number of amides is 1. The summed E-state index contributed by atoms with van der Waals surface area (Å²) in [5, 5.41) is 15.0. The lowest BCUT2D eigenvalue weighted by atomic mass is 9.60. The third-order valence-corrected chi connectivity index (χ3v) is 9.11. The lowest BCUT2D eigenvalue weighted by molar-refractivity contribution is -0.478. The second-order valence-electron chi connectivity index (χ2n) is 11.7. The molecule has 11 nitrogen and oxygen atoms in total. The predicted octanol–water partition coefficient (Wildman–Crippen LogP) is 4.66. The van der Waals surface area contributed by atoms with Gasteiger partial charge in [-0.05, 0) is 70.3 Å². The molecular weight excluding hydrogens is 682 g/mol. The molecule has 3 fully saturated rings. The summed E-state index contributed by atoms with van der Waals surface area (Å²) in [5.74, 6) is -0.950. The molecule has 3 aliphatic carbocycles. The Bertz CT molecular complexity index is 1310.